The molecule has 4 amide bonds. The van der Waals surface area contributed by atoms with Gasteiger partial charge in [0, 0.05) is 13.6 Å². The molecule has 218 valence electrons. The Morgan fingerprint density at radius 2 is 1.62 bits per heavy atom. The fourth-order valence-electron chi connectivity index (χ4n) is 6.73. The average Bonchev–Trinajstić information content (AvgIpc) is 3.72. The summed E-state index contributed by atoms with van der Waals surface area (Å²) in [7, 11) is 1.40. The van der Waals surface area contributed by atoms with Gasteiger partial charge in [-0.05, 0) is 69.1 Å². The molecule has 0 aromatic rings. The number of ketones is 1. The summed E-state index contributed by atoms with van der Waals surface area (Å²) in [5.74, 6) is -1.69. The number of amides is 4. The molecule has 4 rings (SSSR count). The smallest absolute Gasteiger partial charge is 0.408 e. The molecular formula is C29H46N4O6. The average molecular weight is 547 g/mol. The number of likely N-dealkylation sites (N-methyl/N-ethyl adjacent to an activating group) is 1. The van der Waals surface area contributed by atoms with E-state index in [1.165, 1.54) is 7.05 Å². The number of rotatable bonds is 9. The number of nitrogens with one attached hydrogen (secondary N) is 3. The number of carbonyl (C=O) groups excluding carboxylic acids is 5. The van der Waals surface area contributed by atoms with Crippen LogP contribution >= 0.6 is 0 Å². The SMILES string of the molecule is CNC(=O)C(=O)C(CC1CC1)NC(=O)[C@@H]1[C@@H]2C(CN1C(=O)[C@@H](NC(=O)OC(C)(C)C)C1CCCCC1)C2(C)C. The Bertz CT molecular complexity index is 994. The van der Waals surface area contributed by atoms with Crippen LogP contribution in [0.25, 0.3) is 0 Å². The van der Waals surface area contributed by atoms with Crippen molar-refractivity contribution in [3.63, 3.8) is 0 Å². The van der Waals surface area contributed by atoms with Crippen molar-refractivity contribution >= 4 is 29.6 Å². The van der Waals surface area contributed by atoms with Gasteiger partial charge in [-0.25, -0.2) is 4.79 Å². The molecular weight excluding hydrogens is 500 g/mol. The normalized spacial score (nSPS) is 27.5. The third-order valence-corrected chi connectivity index (χ3v) is 9.17. The predicted molar refractivity (Wildman–Crippen MR) is 144 cm³/mol. The molecule has 0 radical (unpaired) electrons. The topological polar surface area (TPSA) is 134 Å². The zero-order chi connectivity index (χ0) is 28.7. The van der Waals surface area contributed by atoms with Crippen molar-refractivity contribution in [2.24, 2.45) is 29.1 Å². The van der Waals surface area contributed by atoms with Gasteiger partial charge in [0.15, 0.2) is 0 Å². The van der Waals surface area contributed by atoms with Crippen LogP contribution in [0.1, 0.15) is 86.0 Å². The maximum Gasteiger partial charge on any atom is 0.408 e. The fourth-order valence-corrected chi connectivity index (χ4v) is 6.73. The number of likely N-dealkylation sites (tertiary alicyclic amines) is 1. The van der Waals surface area contributed by atoms with Crippen LogP contribution in [0.2, 0.25) is 0 Å². The maximum atomic E-state index is 14.1. The fraction of sp³-hybridized carbons (Fsp3) is 0.828. The first-order valence-electron chi connectivity index (χ1n) is 14.6. The van der Waals surface area contributed by atoms with Crippen LogP contribution < -0.4 is 16.0 Å². The van der Waals surface area contributed by atoms with E-state index in [1.807, 2.05) is 0 Å². The number of hydrogen-bond donors (Lipinski definition) is 3. The highest BCUT2D eigenvalue weighted by Crippen LogP contribution is 2.65. The van der Waals surface area contributed by atoms with Crippen LogP contribution in [0, 0.1) is 29.1 Å². The second-order valence-electron chi connectivity index (χ2n) is 13.6. The molecule has 0 aromatic carbocycles. The highest BCUT2D eigenvalue weighted by Gasteiger charge is 2.69. The van der Waals surface area contributed by atoms with E-state index >= 15 is 0 Å². The third kappa shape index (κ3) is 6.57. The zero-order valence-electron chi connectivity index (χ0n) is 24.3. The van der Waals surface area contributed by atoms with Gasteiger partial charge < -0.3 is 25.6 Å². The van der Waals surface area contributed by atoms with Crippen molar-refractivity contribution < 1.29 is 28.7 Å². The molecule has 1 aliphatic heterocycles. The molecule has 39 heavy (non-hydrogen) atoms. The molecule has 10 heteroatoms. The molecule has 0 aromatic heterocycles. The van der Waals surface area contributed by atoms with Crippen molar-refractivity contribution in [3.05, 3.63) is 0 Å². The Kier molecular flexibility index (Phi) is 8.34. The second kappa shape index (κ2) is 11.1. The van der Waals surface area contributed by atoms with Crippen molar-refractivity contribution in [2.75, 3.05) is 13.6 Å². The standard InChI is InChI=1S/C29H46N4O6/c1-28(2,3)39-27(38)32-21(17-10-8-7-9-11-17)26(37)33-15-18-20(29(18,4)5)22(33)24(35)31-19(14-16-12-13-16)23(34)25(36)30-6/h16-22H,7-15H2,1-6H3,(H,30,36)(H,31,35)(H,32,38)/t18?,19?,20-,21-,22-/m0/s1. The van der Waals surface area contributed by atoms with E-state index < -0.39 is 47.4 Å². The first-order valence-corrected chi connectivity index (χ1v) is 14.6. The molecule has 5 atom stereocenters. The summed E-state index contributed by atoms with van der Waals surface area (Å²) in [6, 6.07) is -2.47. The summed E-state index contributed by atoms with van der Waals surface area (Å²) in [5, 5.41) is 8.08. The van der Waals surface area contributed by atoms with Gasteiger partial charge in [-0.2, -0.15) is 0 Å². The molecule has 0 bridgehead atoms. The summed E-state index contributed by atoms with van der Waals surface area (Å²) in [6.07, 6.45) is 6.42. The van der Waals surface area contributed by atoms with Crippen LogP contribution in [0.5, 0.6) is 0 Å². The number of nitrogens with zero attached hydrogens (tertiary/aromatic N) is 1. The molecule has 2 unspecified atom stereocenters. The van der Waals surface area contributed by atoms with E-state index in [9.17, 15) is 24.0 Å². The van der Waals surface area contributed by atoms with Crippen molar-refractivity contribution in [2.45, 2.75) is 110 Å². The van der Waals surface area contributed by atoms with E-state index in [0.717, 1.165) is 44.9 Å². The number of ether oxygens (including phenoxy) is 1. The summed E-state index contributed by atoms with van der Waals surface area (Å²) >= 11 is 0. The highest BCUT2D eigenvalue weighted by atomic mass is 16.6. The number of alkyl carbamates (subject to hydrolysis) is 1. The van der Waals surface area contributed by atoms with Crippen LogP contribution in [0.3, 0.4) is 0 Å². The summed E-state index contributed by atoms with van der Waals surface area (Å²) < 4.78 is 5.49. The lowest BCUT2D eigenvalue weighted by atomic mass is 9.83. The van der Waals surface area contributed by atoms with E-state index in [0.29, 0.717) is 18.9 Å². The molecule has 1 saturated heterocycles. The van der Waals surface area contributed by atoms with Gasteiger partial charge in [0.2, 0.25) is 17.6 Å². The number of carbonyl (C=O) groups is 5. The van der Waals surface area contributed by atoms with Gasteiger partial charge in [0.1, 0.15) is 17.7 Å². The van der Waals surface area contributed by atoms with E-state index in [-0.39, 0.29) is 29.1 Å². The van der Waals surface area contributed by atoms with Crippen molar-refractivity contribution in [3.8, 4) is 0 Å². The third-order valence-electron chi connectivity index (χ3n) is 9.17. The molecule has 3 aliphatic carbocycles. The van der Waals surface area contributed by atoms with Gasteiger partial charge in [-0.15, -0.1) is 0 Å². The first-order chi connectivity index (χ1) is 18.2. The molecule has 4 fully saturated rings. The summed E-state index contributed by atoms with van der Waals surface area (Å²) in [6.45, 7) is 9.94. The minimum absolute atomic E-state index is 0.0372. The second-order valence-corrected chi connectivity index (χ2v) is 13.6. The summed E-state index contributed by atoms with van der Waals surface area (Å²) in [5.41, 5.74) is -0.825. The molecule has 10 nitrogen and oxygen atoms in total. The van der Waals surface area contributed by atoms with Gasteiger partial charge in [0.25, 0.3) is 5.91 Å². The van der Waals surface area contributed by atoms with E-state index in [1.54, 1.807) is 25.7 Å². The monoisotopic (exact) mass is 546 g/mol. The number of piperidine rings is 1. The molecule has 3 N–H and O–H groups in total. The lowest BCUT2D eigenvalue weighted by molar-refractivity contribution is -0.145. The molecule has 1 heterocycles. The lowest BCUT2D eigenvalue weighted by Crippen LogP contribution is -2.59. The minimum atomic E-state index is -0.920. The van der Waals surface area contributed by atoms with Gasteiger partial charge in [-0.1, -0.05) is 46.0 Å². The zero-order valence-corrected chi connectivity index (χ0v) is 24.3. The van der Waals surface area contributed by atoms with Crippen molar-refractivity contribution in [1.29, 1.82) is 0 Å². The van der Waals surface area contributed by atoms with E-state index in [2.05, 4.69) is 29.8 Å². The Hall–Kier alpha value is -2.65. The Labute approximate surface area is 231 Å². The number of hydrogen-bond acceptors (Lipinski definition) is 6. The first kappa shape index (κ1) is 29.3. The molecule has 3 saturated carbocycles. The van der Waals surface area contributed by atoms with Gasteiger partial charge in [-0.3, -0.25) is 19.2 Å². The Morgan fingerprint density at radius 3 is 2.18 bits per heavy atom. The van der Waals surface area contributed by atoms with Crippen LogP contribution in [-0.2, 0) is 23.9 Å². The van der Waals surface area contributed by atoms with Crippen LogP contribution in [0.4, 0.5) is 4.79 Å². The van der Waals surface area contributed by atoms with E-state index in [4.69, 9.17) is 4.74 Å². The van der Waals surface area contributed by atoms with Crippen molar-refractivity contribution in [1.82, 2.24) is 20.9 Å². The molecule has 0 spiro atoms. The minimum Gasteiger partial charge on any atom is -0.444 e. The van der Waals surface area contributed by atoms with Crippen LogP contribution in [0.15, 0.2) is 0 Å². The van der Waals surface area contributed by atoms with Gasteiger partial charge >= 0.3 is 6.09 Å². The maximum absolute atomic E-state index is 14.1. The van der Waals surface area contributed by atoms with Crippen LogP contribution in [-0.4, -0.2) is 71.8 Å². The highest BCUT2D eigenvalue weighted by molar-refractivity contribution is 6.38. The number of Topliss-reactive ketones (excluding diaryl/α,β-unsaturated/α-hetero) is 1. The van der Waals surface area contributed by atoms with Gasteiger partial charge in [0.05, 0.1) is 6.04 Å². The largest absolute Gasteiger partial charge is 0.444 e. The quantitative estimate of drug-likeness (QED) is 0.381. The predicted octanol–water partition coefficient (Wildman–Crippen LogP) is 2.54. The lowest BCUT2D eigenvalue weighted by Gasteiger charge is -2.37. The summed E-state index contributed by atoms with van der Waals surface area (Å²) in [4.78, 5) is 67.3. The molecule has 4 aliphatic rings. The Balaban J connectivity index is 1.55. The number of fused-ring (bicyclic) bond motifs is 1. The Morgan fingerprint density at radius 1 is 0.974 bits per heavy atom.